The topological polar surface area (TPSA) is 105 Å². The lowest BCUT2D eigenvalue weighted by Gasteiger charge is -2.20. The first-order chi connectivity index (χ1) is 14.3. The zero-order valence-corrected chi connectivity index (χ0v) is 18.7. The molecule has 0 atom stereocenters. The quantitative estimate of drug-likeness (QED) is 0.540. The maximum absolute atomic E-state index is 10.6. The summed E-state index contributed by atoms with van der Waals surface area (Å²) in [6, 6.07) is 5.78. The molecule has 0 unspecified atom stereocenters. The molecule has 0 fully saturated rings. The number of hydrogen-bond donors (Lipinski definition) is 1. The van der Waals surface area contributed by atoms with E-state index in [0.717, 1.165) is 22.3 Å². The highest BCUT2D eigenvalue weighted by atomic mass is 79.9. The highest BCUT2D eigenvalue weighted by Gasteiger charge is 2.38. The summed E-state index contributed by atoms with van der Waals surface area (Å²) in [5.41, 5.74) is 0.564. The second-order valence-electron chi connectivity index (χ2n) is 7.25. The molecule has 0 saturated carbocycles. The molecule has 168 valence electrons. The first-order valence-electron chi connectivity index (χ1n) is 8.80. The Balaban J connectivity index is 0.000000423. The predicted molar refractivity (Wildman–Crippen MR) is 107 cm³/mol. The number of rotatable bonds is 5. The number of carboxylic acid groups (broad SMARTS) is 1. The first-order valence-corrected chi connectivity index (χ1v) is 9.59. The van der Waals surface area contributed by atoms with Crippen LogP contribution in [-0.2, 0) is 16.8 Å². The fraction of sp³-hybridized carbons (Fsp3) is 0.368. The maximum atomic E-state index is 10.6. The van der Waals surface area contributed by atoms with E-state index in [1.54, 1.807) is 6.20 Å². The summed E-state index contributed by atoms with van der Waals surface area (Å²) in [7, 11) is 3.98. The molecule has 0 radical (unpaired) electrons. The van der Waals surface area contributed by atoms with Crippen LogP contribution in [0, 0.1) is 0 Å². The minimum Gasteiger partial charge on any atom is -0.475 e. The Bertz CT molecular complexity index is 1030. The van der Waals surface area contributed by atoms with Gasteiger partial charge < -0.3 is 18.9 Å². The highest BCUT2D eigenvalue weighted by Crippen LogP contribution is 2.32. The molecule has 3 aromatic heterocycles. The van der Waals surface area contributed by atoms with Gasteiger partial charge in [0.15, 0.2) is 11.6 Å². The highest BCUT2D eigenvalue weighted by molar-refractivity contribution is 9.10. The molecule has 0 aliphatic heterocycles. The number of halogens is 4. The summed E-state index contributed by atoms with van der Waals surface area (Å²) < 4.78 is 43.8. The van der Waals surface area contributed by atoms with Crippen LogP contribution in [0.2, 0.25) is 0 Å². The van der Waals surface area contributed by atoms with Crippen molar-refractivity contribution in [1.82, 2.24) is 20.0 Å². The van der Waals surface area contributed by atoms with Gasteiger partial charge in [-0.05, 0) is 67.6 Å². The summed E-state index contributed by atoms with van der Waals surface area (Å²) in [5, 5.41) is 11.3. The van der Waals surface area contributed by atoms with Crippen molar-refractivity contribution in [3.05, 3.63) is 52.2 Å². The van der Waals surface area contributed by atoms with Crippen LogP contribution in [0.3, 0.4) is 0 Å². The number of carboxylic acids is 1. The van der Waals surface area contributed by atoms with Crippen molar-refractivity contribution in [3.63, 3.8) is 0 Å². The van der Waals surface area contributed by atoms with Crippen molar-refractivity contribution in [2.24, 2.45) is 0 Å². The molecule has 31 heavy (non-hydrogen) atoms. The summed E-state index contributed by atoms with van der Waals surface area (Å²) in [6.45, 7) is 4.78. The van der Waals surface area contributed by atoms with Crippen LogP contribution < -0.4 is 0 Å². The summed E-state index contributed by atoms with van der Waals surface area (Å²) in [6.07, 6.45) is -1.53. The lowest BCUT2D eigenvalue weighted by atomic mass is 9.85. The largest absolute Gasteiger partial charge is 0.490 e. The molecular weight excluding hydrogens is 485 g/mol. The number of alkyl halides is 3. The Morgan fingerprint density at radius 1 is 1.23 bits per heavy atom. The number of carbonyl (C=O) groups is 1. The molecule has 1 N–H and O–H groups in total. The molecule has 0 aliphatic rings. The van der Waals surface area contributed by atoms with E-state index in [9.17, 15) is 13.2 Å². The van der Waals surface area contributed by atoms with E-state index in [1.165, 1.54) is 0 Å². The van der Waals surface area contributed by atoms with Gasteiger partial charge >= 0.3 is 12.1 Å². The molecule has 3 heterocycles. The van der Waals surface area contributed by atoms with Gasteiger partial charge in [0.1, 0.15) is 5.76 Å². The lowest BCUT2D eigenvalue weighted by molar-refractivity contribution is -0.192. The van der Waals surface area contributed by atoms with Gasteiger partial charge in [-0.2, -0.15) is 18.2 Å². The molecule has 0 spiro atoms. The lowest BCUT2D eigenvalue weighted by Crippen LogP contribution is -2.21. The monoisotopic (exact) mass is 504 g/mol. The van der Waals surface area contributed by atoms with Gasteiger partial charge in [-0.1, -0.05) is 5.16 Å². The first kappa shape index (κ1) is 24.5. The van der Waals surface area contributed by atoms with E-state index in [0.29, 0.717) is 17.5 Å². The molecule has 0 bridgehead atoms. The average molecular weight is 505 g/mol. The Kier molecular flexibility index (Phi) is 7.60. The van der Waals surface area contributed by atoms with Gasteiger partial charge in [-0.25, -0.2) is 4.79 Å². The minimum atomic E-state index is -5.08. The number of pyridine rings is 1. The molecule has 0 aromatic carbocycles. The smallest absolute Gasteiger partial charge is 0.475 e. The summed E-state index contributed by atoms with van der Waals surface area (Å²) >= 11 is 3.45. The minimum absolute atomic E-state index is 0.381. The Labute approximate surface area is 184 Å². The van der Waals surface area contributed by atoms with Crippen molar-refractivity contribution in [1.29, 1.82) is 0 Å². The fourth-order valence-electron chi connectivity index (χ4n) is 2.35. The van der Waals surface area contributed by atoms with E-state index < -0.39 is 17.6 Å². The van der Waals surface area contributed by atoms with Crippen LogP contribution in [0.1, 0.15) is 31.0 Å². The molecule has 12 heteroatoms. The predicted octanol–water partition coefficient (Wildman–Crippen LogP) is 4.51. The van der Waals surface area contributed by atoms with Crippen LogP contribution in [0.15, 0.2) is 44.0 Å². The van der Waals surface area contributed by atoms with E-state index >= 15 is 0 Å². The maximum Gasteiger partial charge on any atom is 0.490 e. The SMILES string of the molecule is CN(C)Cc1ccc(-c2nc(C(C)(C)c3cncc(Br)c3)no2)o1.O=C(O)C(F)(F)F. The van der Waals surface area contributed by atoms with Gasteiger partial charge in [0.2, 0.25) is 0 Å². The fourth-order valence-corrected chi connectivity index (χ4v) is 2.71. The number of aromatic nitrogens is 3. The van der Waals surface area contributed by atoms with Crippen molar-refractivity contribution >= 4 is 21.9 Å². The number of aliphatic carboxylic acids is 1. The third kappa shape index (κ3) is 6.62. The van der Waals surface area contributed by atoms with Crippen molar-refractivity contribution in [2.75, 3.05) is 14.1 Å². The van der Waals surface area contributed by atoms with Crippen LogP contribution in [0.5, 0.6) is 0 Å². The van der Waals surface area contributed by atoms with Crippen LogP contribution in [-0.4, -0.2) is 51.4 Å². The van der Waals surface area contributed by atoms with Gasteiger partial charge in [-0.3, -0.25) is 4.98 Å². The number of hydrogen-bond acceptors (Lipinski definition) is 7. The van der Waals surface area contributed by atoms with Gasteiger partial charge in [0.05, 0.1) is 12.0 Å². The Hall–Kier alpha value is -2.73. The number of furan rings is 1. The van der Waals surface area contributed by atoms with E-state index in [1.807, 2.05) is 57.2 Å². The summed E-state index contributed by atoms with van der Waals surface area (Å²) in [5.74, 6) is -0.361. The Morgan fingerprint density at radius 2 is 1.87 bits per heavy atom. The molecule has 3 rings (SSSR count). The zero-order chi connectivity index (χ0) is 23.4. The second-order valence-corrected chi connectivity index (χ2v) is 8.16. The molecule has 0 aliphatic carbocycles. The average Bonchev–Trinajstić information content (AvgIpc) is 3.30. The molecule has 0 amide bonds. The van der Waals surface area contributed by atoms with Gasteiger partial charge in [-0.15, -0.1) is 0 Å². The number of nitrogens with zero attached hydrogens (tertiary/aromatic N) is 4. The van der Waals surface area contributed by atoms with Gasteiger partial charge in [0, 0.05) is 16.9 Å². The van der Waals surface area contributed by atoms with Crippen molar-refractivity contribution in [3.8, 4) is 11.7 Å². The van der Waals surface area contributed by atoms with E-state index in [-0.39, 0.29) is 0 Å². The van der Waals surface area contributed by atoms with Crippen molar-refractivity contribution < 1.29 is 32.0 Å². The van der Waals surface area contributed by atoms with E-state index in [4.69, 9.17) is 18.8 Å². The molecule has 8 nitrogen and oxygen atoms in total. The van der Waals surface area contributed by atoms with E-state index in [2.05, 4.69) is 31.1 Å². The molecule has 0 saturated heterocycles. The molecular formula is C19H20BrF3N4O4. The van der Waals surface area contributed by atoms with Crippen LogP contribution in [0.4, 0.5) is 13.2 Å². The third-order valence-corrected chi connectivity index (χ3v) is 4.43. The van der Waals surface area contributed by atoms with Crippen LogP contribution in [0.25, 0.3) is 11.7 Å². The normalized spacial score (nSPS) is 11.9. The zero-order valence-electron chi connectivity index (χ0n) is 17.1. The Morgan fingerprint density at radius 3 is 2.42 bits per heavy atom. The van der Waals surface area contributed by atoms with Crippen LogP contribution >= 0.6 is 15.9 Å². The van der Waals surface area contributed by atoms with Crippen molar-refractivity contribution in [2.45, 2.75) is 32.0 Å². The molecule has 3 aromatic rings. The van der Waals surface area contributed by atoms with Gasteiger partial charge in [0.25, 0.3) is 5.89 Å². The second kappa shape index (κ2) is 9.60. The standard InChI is InChI=1S/C17H19BrN4O2.C2HF3O2/c1-17(2,11-7-12(18)9-19-8-11)16-20-15(24-21-16)14-6-5-13(23-14)10-22(3)4;3-2(4,5)1(6)7/h5-9H,10H2,1-4H3;(H,6,7). The summed E-state index contributed by atoms with van der Waals surface area (Å²) in [4.78, 5) is 19.7. The third-order valence-electron chi connectivity index (χ3n) is 4.00.